The van der Waals surface area contributed by atoms with E-state index in [4.69, 9.17) is 0 Å². The van der Waals surface area contributed by atoms with E-state index in [1.54, 1.807) is 11.1 Å². The molecule has 1 nitrogen and oxygen atoms in total. The molecule has 1 aliphatic heterocycles. The van der Waals surface area contributed by atoms with Gasteiger partial charge in [0.2, 0.25) is 0 Å². The topological polar surface area (TPSA) is 3.24 Å². The van der Waals surface area contributed by atoms with Crippen molar-refractivity contribution in [1.82, 2.24) is 4.81 Å². The van der Waals surface area contributed by atoms with Gasteiger partial charge in [-0.25, -0.2) is 0 Å². The normalized spacial score (nSPS) is 19.4. The third-order valence-corrected chi connectivity index (χ3v) is 11.7. The summed E-state index contributed by atoms with van der Waals surface area (Å²) in [7, 11) is 2.70. The third kappa shape index (κ3) is 6.09. The fourth-order valence-electron chi connectivity index (χ4n) is 5.63. The SMILES string of the molecule is [CH3][Ge]([CH3])[C]1([B]N2C(C)(C)CCCC2(C)C)c2ccccc2-c2ccccc21.[CH3][Ge][CH3].[CH3][Ge][CH3]. The second-order valence-corrected chi connectivity index (χ2v) is 20.9. The van der Waals surface area contributed by atoms with E-state index in [0.29, 0.717) is 30.9 Å². The van der Waals surface area contributed by atoms with Gasteiger partial charge in [-0.2, -0.15) is 0 Å². The first-order chi connectivity index (χ1) is 15.5. The number of benzene rings is 2. The Balaban J connectivity index is 0.000000582. The van der Waals surface area contributed by atoms with Gasteiger partial charge in [-0.15, -0.1) is 0 Å². The van der Waals surface area contributed by atoms with E-state index in [9.17, 15) is 0 Å². The molecule has 0 spiro atoms. The van der Waals surface area contributed by atoms with Crippen molar-refractivity contribution in [2.75, 3.05) is 0 Å². The molecule has 2 aromatic rings. The van der Waals surface area contributed by atoms with Gasteiger partial charge in [0.05, 0.1) is 0 Å². The Bertz CT molecular complexity index is 831. The van der Waals surface area contributed by atoms with E-state index in [1.807, 2.05) is 0 Å². The Morgan fingerprint density at radius 2 is 1.09 bits per heavy atom. The van der Waals surface area contributed by atoms with Crippen molar-refractivity contribution in [3.05, 3.63) is 59.7 Å². The number of hydrogen-bond acceptors (Lipinski definition) is 1. The average Bonchev–Trinajstić information content (AvgIpc) is 3.03. The van der Waals surface area contributed by atoms with Crippen LogP contribution in [0.15, 0.2) is 48.5 Å². The van der Waals surface area contributed by atoms with Gasteiger partial charge in [-0.1, -0.05) is 0 Å². The molecule has 5 heteroatoms. The summed E-state index contributed by atoms with van der Waals surface area (Å²) in [5.74, 6) is 14.1. The fraction of sp³-hybridized carbons (Fsp3) is 0.571. The number of piperidine rings is 1. The van der Waals surface area contributed by atoms with Crippen LogP contribution in [0.2, 0.25) is 34.5 Å². The summed E-state index contributed by atoms with van der Waals surface area (Å²) in [5, 5.41) is 0. The van der Waals surface area contributed by atoms with Crippen molar-refractivity contribution in [3.63, 3.8) is 0 Å². The summed E-state index contributed by atoms with van der Waals surface area (Å²) in [6, 6.07) is 18.3. The second-order valence-electron chi connectivity index (χ2n) is 10.9. The van der Waals surface area contributed by atoms with E-state index in [2.05, 4.69) is 123 Å². The van der Waals surface area contributed by atoms with E-state index < -0.39 is 14.3 Å². The second kappa shape index (κ2) is 12.4. The van der Waals surface area contributed by atoms with Crippen molar-refractivity contribution in [3.8, 4) is 11.1 Å². The first kappa shape index (κ1) is 29.3. The quantitative estimate of drug-likeness (QED) is 0.322. The van der Waals surface area contributed by atoms with Crippen LogP contribution in [-0.4, -0.2) is 68.5 Å². The average molecular weight is 623 g/mol. The molecule has 1 heterocycles. The molecular weight excluding hydrogens is 579 g/mol. The van der Waals surface area contributed by atoms with E-state index in [-0.39, 0.29) is 15.2 Å². The zero-order valence-electron chi connectivity index (χ0n) is 22.8. The van der Waals surface area contributed by atoms with Gasteiger partial charge in [-0.05, 0) is 0 Å². The van der Waals surface area contributed by atoms with Crippen LogP contribution in [0.5, 0.6) is 0 Å². The summed E-state index contributed by atoms with van der Waals surface area (Å²) in [4.78, 5) is 2.75. The van der Waals surface area contributed by atoms with Gasteiger partial charge in [0.25, 0.3) is 0 Å². The van der Waals surface area contributed by atoms with E-state index in [1.165, 1.54) is 30.4 Å². The van der Waals surface area contributed by atoms with Gasteiger partial charge < -0.3 is 0 Å². The molecule has 0 atom stereocenters. The first-order valence-corrected chi connectivity index (χ1v) is 26.0. The Hall–Kier alpha value is 0.0935. The number of nitrogens with zero attached hydrogens (tertiary/aromatic N) is 1. The Morgan fingerprint density at radius 3 is 1.45 bits per heavy atom. The van der Waals surface area contributed by atoms with Crippen molar-refractivity contribution in [2.24, 2.45) is 0 Å². The van der Waals surface area contributed by atoms with Crippen LogP contribution >= 0.6 is 0 Å². The molecule has 0 aromatic heterocycles. The van der Waals surface area contributed by atoms with Gasteiger partial charge in [0.1, 0.15) is 0 Å². The summed E-state index contributed by atoms with van der Waals surface area (Å²) in [5.41, 5.74) is 6.40. The van der Waals surface area contributed by atoms with Gasteiger partial charge >= 0.3 is 225 Å². The summed E-state index contributed by atoms with van der Waals surface area (Å²) >= 11 is -0.437. The molecule has 6 radical (unpaired) electrons. The van der Waals surface area contributed by atoms with Gasteiger partial charge in [-0.3, -0.25) is 0 Å². The predicted octanol–water partition coefficient (Wildman–Crippen LogP) is 7.44. The maximum absolute atomic E-state index is 2.75. The molecular formula is C28H44BGe3N. The van der Waals surface area contributed by atoms with Crippen LogP contribution in [0, 0.1) is 0 Å². The number of rotatable bonds is 3. The Morgan fingerprint density at radius 1 is 0.727 bits per heavy atom. The summed E-state index contributed by atoms with van der Waals surface area (Å²) in [6.07, 6.45) is 3.87. The fourth-order valence-corrected chi connectivity index (χ4v) is 9.62. The summed E-state index contributed by atoms with van der Waals surface area (Å²) < 4.78 is 0.0963. The van der Waals surface area contributed by atoms with Crippen molar-refractivity contribution < 1.29 is 0 Å². The van der Waals surface area contributed by atoms with Crippen LogP contribution < -0.4 is 0 Å². The van der Waals surface area contributed by atoms with E-state index >= 15 is 0 Å². The minimum atomic E-state index is -1.44. The molecule has 176 valence electrons. The molecule has 1 aliphatic carbocycles. The van der Waals surface area contributed by atoms with Crippen molar-refractivity contribution in [1.29, 1.82) is 0 Å². The Labute approximate surface area is 223 Å². The molecule has 2 aromatic carbocycles. The molecule has 1 fully saturated rings. The van der Waals surface area contributed by atoms with Gasteiger partial charge in [0, 0.05) is 0 Å². The number of hydrogen-bond donors (Lipinski definition) is 0. The van der Waals surface area contributed by atoms with Crippen molar-refractivity contribution >= 4 is 52.6 Å². The van der Waals surface area contributed by atoms with E-state index in [0.717, 1.165) is 0 Å². The molecule has 1 saturated heterocycles. The predicted molar refractivity (Wildman–Crippen MR) is 155 cm³/mol. The van der Waals surface area contributed by atoms with Crippen molar-refractivity contribution in [2.45, 2.75) is 96.7 Å². The van der Waals surface area contributed by atoms with Crippen LogP contribution in [-0.2, 0) is 4.15 Å². The first-order valence-electron chi connectivity index (χ1n) is 12.4. The maximum atomic E-state index is 2.75. The van der Waals surface area contributed by atoms with Crippen LogP contribution in [0.1, 0.15) is 58.1 Å². The van der Waals surface area contributed by atoms with Gasteiger partial charge in [0.15, 0.2) is 0 Å². The third-order valence-electron chi connectivity index (χ3n) is 6.99. The zero-order valence-corrected chi connectivity index (χ0v) is 29.1. The molecule has 0 bridgehead atoms. The summed E-state index contributed by atoms with van der Waals surface area (Å²) in [6.45, 7) is 9.76. The minimum absolute atomic E-state index is 0.0963. The molecule has 2 aliphatic rings. The van der Waals surface area contributed by atoms with Crippen LogP contribution in [0.3, 0.4) is 0 Å². The van der Waals surface area contributed by atoms with Crippen LogP contribution in [0.25, 0.3) is 11.1 Å². The molecule has 4 rings (SSSR count). The number of fused-ring (bicyclic) bond motifs is 3. The molecule has 0 saturated carbocycles. The molecule has 0 unspecified atom stereocenters. The molecule has 33 heavy (non-hydrogen) atoms. The molecule has 0 N–H and O–H groups in total. The monoisotopic (exact) mass is 627 g/mol. The molecule has 0 amide bonds. The zero-order chi connectivity index (χ0) is 24.9. The van der Waals surface area contributed by atoms with Crippen LogP contribution in [0.4, 0.5) is 0 Å². The Kier molecular flexibility index (Phi) is 11.0. The standard InChI is InChI=1S/C24H32BGeN.2C2H6Ge/c1-22(2)16-11-17-23(3,4)27(22)25-24(26(5)6)20-14-9-7-12-18(20)19-13-8-10-15-21(19)24;2*1-3-2/h7-10,12-15H,11,16-17H2,1-6H3;2*1-2H3.